The van der Waals surface area contributed by atoms with E-state index in [-0.39, 0.29) is 6.03 Å². The largest absolute Gasteiger partial charge is 0.381 e. The molecule has 1 aliphatic carbocycles. The summed E-state index contributed by atoms with van der Waals surface area (Å²) in [7, 11) is 0. The van der Waals surface area contributed by atoms with Crippen molar-refractivity contribution in [1.29, 1.82) is 0 Å². The fourth-order valence-corrected chi connectivity index (χ4v) is 3.66. The van der Waals surface area contributed by atoms with Gasteiger partial charge in [0, 0.05) is 24.1 Å². The van der Waals surface area contributed by atoms with Crippen molar-refractivity contribution in [3.05, 3.63) is 21.9 Å². The normalized spacial score (nSPS) is 24.2. The first-order valence-electron chi connectivity index (χ1n) is 6.84. The second kappa shape index (κ2) is 5.13. The molecule has 1 spiro atoms. The summed E-state index contributed by atoms with van der Waals surface area (Å²) in [6, 6.07) is 2.42. The topological polar surface area (TPSA) is 50.4 Å². The number of hydrogen-bond donors (Lipinski definition) is 2. The van der Waals surface area contributed by atoms with Crippen LogP contribution < -0.4 is 10.6 Å². The smallest absolute Gasteiger partial charge is 0.315 e. The standard InChI is InChI=1S/C14H20N2O2S/c1-10-6-11(19-9-10)8-15-13(17)16-12-7-14(12)2-4-18-5-3-14/h6,9,12H,2-5,7-8H2,1H3,(H2,15,16,17). The number of ether oxygens (including phenoxy) is 1. The van der Waals surface area contributed by atoms with Crippen molar-refractivity contribution < 1.29 is 9.53 Å². The maximum Gasteiger partial charge on any atom is 0.315 e. The summed E-state index contributed by atoms with van der Waals surface area (Å²) < 4.78 is 5.38. The lowest BCUT2D eigenvalue weighted by molar-refractivity contribution is 0.0547. The van der Waals surface area contributed by atoms with E-state index in [0.717, 1.165) is 32.5 Å². The molecule has 104 valence electrons. The molecule has 1 aromatic rings. The van der Waals surface area contributed by atoms with Gasteiger partial charge in [-0.25, -0.2) is 4.79 Å². The molecule has 2 amide bonds. The maximum atomic E-state index is 11.9. The SMILES string of the molecule is Cc1csc(CNC(=O)NC2CC23CCOCC3)c1. The first kappa shape index (κ1) is 12.9. The van der Waals surface area contributed by atoms with Gasteiger partial charge in [0.05, 0.1) is 6.54 Å². The van der Waals surface area contributed by atoms with Crippen molar-refractivity contribution in [2.75, 3.05) is 13.2 Å². The fourth-order valence-electron chi connectivity index (χ4n) is 2.84. The van der Waals surface area contributed by atoms with Crippen LogP contribution in [0.1, 0.15) is 29.7 Å². The van der Waals surface area contributed by atoms with Gasteiger partial charge in [-0.05, 0) is 48.6 Å². The summed E-state index contributed by atoms with van der Waals surface area (Å²) in [6.07, 6.45) is 3.28. The minimum atomic E-state index is -0.0422. The molecule has 2 N–H and O–H groups in total. The van der Waals surface area contributed by atoms with Crippen molar-refractivity contribution in [3.8, 4) is 0 Å². The van der Waals surface area contributed by atoms with Crippen LogP contribution >= 0.6 is 11.3 Å². The van der Waals surface area contributed by atoms with E-state index < -0.39 is 0 Å². The summed E-state index contributed by atoms with van der Waals surface area (Å²) >= 11 is 1.69. The third kappa shape index (κ3) is 2.92. The molecule has 1 unspecified atom stereocenters. The zero-order chi connectivity index (χ0) is 13.3. The molecule has 19 heavy (non-hydrogen) atoms. The number of carbonyl (C=O) groups is 1. The van der Waals surface area contributed by atoms with Gasteiger partial charge in [0.2, 0.25) is 0 Å². The average Bonchev–Trinajstić information content (AvgIpc) is 2.85. The van der Waals surface area contributed by atoms with Gasteiger partial charge in [-0.15, -0.1) is 11.3 Å². The molecular weight excluding hydrogens is 260 g/mol. The molecule has 0 radical (unpaired) electrons. The van der Waals surface area contributed by atoms with Gasteiger partial charge in [0.25, 0.3) is 0 Å². The molecule has 3 rings (SSSR count). The maximum absolute atomic E-state index is 11.9. The number of urea groups is 1. The zero-order valence-electron chi connectivity index (χ0n) is 11.2. The summed E-state index contributed by atoms with van der Waals surface area (Å²) in [5, 5.41) is 8.13. The highest BCUT2D eigenvalue weighted by molar-refractivity contribution is 7.10. The molecular formula is C14H20N2O2S. The van der Waals surface area contributed by atoms with E-state index in [4.69, 9.17) is 4.74 Å². The zero-order valence-corrected chi connectivity index (χ0v) is 12.0. The Morgan fingerprint density at radius 1 is 1.53 bits per heavy atom. The van der Waals surface area contributed by atoms with Crippen LogP contribution in [0.3, 0.4) is 0 Å². The van der Waals surface area contributed by atoms with Crippen LogP contribution in [0, 0.1) is 12.3 Å². The number of hydrogen-bond acceptors (Lipinski definition) is 3. The van der Waals surface area contributed by atoms with Crippen molar-refractivity contribution in [3.63, 3.8) is 0 Å². The van der Waals surface area contributed by atoms with Gasteiger partial charge < -0.3 is 15.4 Å². The fraction of sp³-hybridized carbons (Fsp3) is 0.643. The molecule has 1 saturated carbocycles. The van der Waals surface area contributed by atoms with Gasteiger partial charge in [0.1, 0.15) is 0 Å². The summed E-state index contributed by atoms with van der Waals surface area (Å²) in [4.78, 5) is 13.0. The van der Waals surface area contributed by atoms with E-state index in [1.165, 1.54) is 10.4 Å². The van der Waals surface area contributed by atoms with E-state index >= 15 is 0 Å². The van der Waals surface area contributed by atoms with Crippen molar-refractivity contribution in [2.45, 2.75) is 38.8 Å². The third-order valence-corrected chi connectivity index (χ3v) is 5.25. The molecule has 5 heteroatoms. The number of aryl methyl sites for hydroxylation is 1. The second-order valence-electron chi connectivity index (χ2n) is 5.65. The molecule has 1 aromatic heterocycles. The molecule has 0 bridgehead atoms. The predicted octanol–water partition coefficient (Wildman–Crippen LogP) is 2.42. The minimum Gasteiger partial charge on any atom is -0.381 e. The van der Waals surface area contributed by atoms with E-state index in [0.29, 0.717) is 18.0 Å². The number of thiophene rings is 1. The van der Waals surface area contributed by atoms with Crippen LogP contribution in [0.5, 0.6) is 0 Å². The highest BCUT2D eigenvalue weighted by atomic mass is 32.1. The minimum absolute atomic E-state index is 0.0422. The quantitative estimate of drug-likeness (QED) is 0.893. The molecule has 0 aromatic carbocycles. The second-order valence-corrected chi connectivity index (χ2v) is 6.64. The first-order valence-corrected chi connectivity index (χ1v) is 7.72. The molecule has 1 saturated heterocycles. The van der Waals surface area contributed by atoms with Gasteiger partial charge in [-0.2, -0.15) is 0 Å². The Bertz CT molecular complexity index is 466. The van der Waals surface area contributed by atoms with E-state index in [2.05, 4.69) is 29.0 Å². The number of rotatable bonds is 3. The third-order valence-electron chi connectivity index (χ3n) is 4.19. The lowest BCUT2D eigenvalue weighted by Crippen LogP contribution is -2.39. The van der Waals surface area contributed by atoms with Crippen molar-refractivity contribution >= 4 is 17.4 Å². The Labute approximate surface area is 117 Å². The first-order chi connectivity index (χ1) is 9.18. The summed E-state index contributed by atoms with van der Waals surface area (Å²) in [5.41, 5.74) is 1.60. The number of carbonyl (C=O) groups excluding carboxylic acids is 1. The van der Waals surface area contributed by atoms with Crippen LogP contribution in [0.15, 0.2) is 11.4 Å². The van der Waals surface area contributed by atoms with Gasteiger partial charge in [-0.1, -0.05) is 0 Å². The average molecular weight is 280 g/mol. The monoisotopic (exact) mass is 280 g/mol. The van der Waals surface area contributed by atoms with Crippen LogP contribution in [0.25, 0.3) is 0 Å². The van der Waals surface area contributed by atoms with Crippen molar-refractivity contribution in [2.24, 2.45) is 5.41 Å². The van der Waals surface area contributed by atoms with Crippen molar-refractivity contribution in [1.82, 2.24) is 10.6 Å². The molecule has 2 heterocycles. The molecule has 4 nitrogen and oxygen atoms in total. The lowest BCUT2D eigenvalue weighted by atomic mass is 9.96. The van der Waals surface area contributed by atoms with E-state index in [1.54, 1.807) is 11.3 Å². The number of amides is 2. The highest BCUT2D eigenvalue weighted by Crippen LogP contribution is 2.53. The Morgan fingerprint density at radius 3 is 3.00 bits per heavy atom. The lowest BCUT2D eigenvalue weighted by Gasteiger charge is -2.22. The molecule has 2 aliphatic rings. The van der Waals surface area contributed by atoms with Gasteiger partial charge in [-0.3, -0.25) is 0 Å². The summed E-state index contributed by atoms with van der Waals surface area (Å²) in [5.74, 6) is 0. The molecule has 2 fully saturated rings. The van der Waals surface area contributed by atoms with E-state index in [9.17, 15) is 4.79 Å². The Kier molecular flexibility index (Phi) is 3.50. The van der Waals surface area contributed by atoms with Crippen LogP contribution in [-0.4, -0.2) is 25.3 Å². The summed E-state index contributed by atoms with van der Waals surface area (Å²) in [6.45, 7) is 4.37. The number of nitrogens with one attached hydrogen (secondary N) is 2. The Hall–Kier alpha value is -1.07. The van der Waals surface area contributed by atoms with Crippen LogP contribution in [-0.2, 0) is 11.3 Å². The van der Waals surface area contributed by atoms with Crippen LogP contribution in [0.2, 0.25) is 0 Å². The van der Waals surface area contributed by atoms with Crippen LogP contribution in [0.4, 0.5) is 4.79 Å². The predicted molar refractivity (Wildman–Crippen MR) is 75.3 cm³/mol. The Balaban J connectivity index is 1.42. The Morgan fingerprint density at radius 2 is 2.32 bits per heavy atom. The highest BCUT2D eigenvalue weighted by Gasteiger charge is 2.54. The van der Waals surface area contributed by atoms with E-state index in [1.807, 2.05) is 0 Å². The molecule has 1 aliphatic heterocycles. The molecule has 1 atom stereocenters. The van der Waals surface area contributed by atoms with Gasteiger partial charge in [0.15, 0.2) is 0 Å². The van der Waals surface area contributed by atoms with Gasteiger partial charge >= 0.3 is 6.03 Å².